The largest absolute Gasteiger partial charge is 0.483 e. The SMILES string of the molecule is CCc1ccccc1OCC(=O)N1CCC(NC(=O)C(CC)CC)CC1. The molecule has 0 aromatic heterocycles. The summed E-state index contributed by atoms with van der Waals surface area (Å²) in [5, 5.41) is 3.15. The lowest BCUT2D eigenvalue weighted by atomic mass is 10.00. The number of nitrogens with one attached hydrogen (secondary N) is 1. The van der Waals surface area contributed by atoms with Crippen molar-refractivity contribution in [2.24, 2.45) is 5.92 Å². The van der Waals surface area contributed by atoms with Crippen LogP contribution in [0.1, 0.15) is 52.0 Å². The fraction of sp³-hybridized carbons (Fsp3) is 0.619. The van der Waals surface area contributed by atoms with Gasteiger partial charge in [0, 0.05) is 25.0 Å². The van der Waals surface area contributed by atoms with Gasteiger partial charge in [0.25, 0.3) is 5.91 Å². The second kappa shape index (κ2) is 10.2. The molecule has 26 heavy (non-hydrogen) atoms. The summed E-state index contributed by atoms with van der Waals surface area (Å²) in [6.45, 7) is 7.58. The number of hydrogen-bond donors (Lipinski definition) is 1. The molecule has 0 unspecified atom stereocenters. The van der Waals surface area contributed by atoms with E-state index < -0.39 is 0 Å². The van der Waals surface area contributed by atoms with Crippen molar-refractivity contribution in [1.29, 1.82) is 0 Å². The summed E-state index contributed by atoms with van der Waals surface area (Å²) in [5.41, 5.74) is 1.11. The van der Waals surface area contributed by atoms with Gasteiger partial charge in [-0.05, 0) is 43.7 Å². The van der Waals surface area contributed by atoms with Crippen molar-refractivity contribution in [1.82, 2.24) is 10.2 Å². The number of carbonyl (C=O) groups is 2. The Hall–Kier alpha value is -2.04. The van der Waals surface area contributed by atoms with E-state index >= 15 is 0 Å². The Balaban J connectivity index is 1.77. The molecule has 5 nitrogen and oxygen atoms in total. The zero-order valence-electron chi connectivity index (χ0n) is 16.3. The van der Waals surface area contributed by atoms with Crippen LogP contribution < -0.4 is 10.1 Å². The predicted molar refractivity (Wildman–Crippen MR) is 103 cm³/mol. The molecule has 0 spiro atoms. The Bertz CT molecular complexity index is 591. The molecule has 0 aliphatic carbocycles. The number of benzene rings is 1. The molecular weight excluding hydrogens is 328 g/mol. The molecule has 0 radical (unpaired) electrons. The highest BCUT2D eigenvalue weighted by atomic mass is 16.5. The Morgan fingerprint density at radius 3 is 2.42 bits per heavy atom. The quantitative estimate of drug-likeness (QED) is 0.775. The third kappa shape index (κ3) is 5.48. The lowest BCUT2D eigenvalue weighted by molar-refractivity contribution is -0.134. The van der Waals surface area contributed by atoms with Gasteiger partial charge in [-0.15, -0.1) is 0 Å². The van der Waals surface area contributed by atoms with Crippen molar-refractivity contribution in [3.05, 3.63) is 29.8 Å². The summed E-state index contributed by atoms with van der Waals surface area (Å²) < 4.78 is 5.73. The highest BCUT2D eigenvalue weighted by molar-refractivity contribution is 5.79. The lowest BCUT2D eigenvalue weighted by Gasteiger charge is -2.33. The first-order valence-corrected chi connectivity index (χ1v) is 9.87. The second-order valence-electron chi connectivity index (χ2n) is 6.93. The molecule has 1 aliphatic rings. The van der Waals surface area contributed by atoms with Crippen LogP contribution in [0.25, 0.3) is 0 Å². The van der Waals surface area contributed by atoms with E-state index in [9.17, 15) is 9.59 Å². The molecule has 0 saturated carbocycles. The van der Waals surface area contributed by atoms with Crippen molar-refractivity contribution >= 4 is 11.8 Å². The summed E-state index contributed by atoms with van der Waals surface area (Å²) in [4.78, 5) is 26.5. The molecule has 1 fully saturated rings. The zero-order valence-corrected chi connectivity index (χ0v) is 16.3. The van der Waals surface area contributed by atoms with E-state index in [0.717, 1.165) is 43.4 Å². The molecule has 1 aromatic carbocycles. The number of para-hydroxylation sites is 1. The van der Waals surface area contributed by atoms with Crippen molar-refractivity contribution in [3.8, 4) is 5.75 Å². The smallest absolute Gasteiger partial charge is 0.260 e. The minimum atomic E-state index is 0.0145. The van der Waals surface area contributed by atoms with E-state index in [2.05, 4.69) is 12.2 Å². The topological polar surface area (TPSA) is 58.6 Å². The maximum absolute atomic E-state index is 12.4. The maximum Gasteiger partial charge on any atom is 0.260 e. The summed E-state index contributed by atoms with van der Waals surface area (Å²) in [6.07, 6.45) is 4.24. The van der Waals surface area contributed by atoms with Gasteiger partial charge in [0.2, 0.25) is 5.91 Å². The van der Waals surface area contributed by atoms with Crippen LogP contribution in [0.2, 0.25) is 0 Å². The van der Waals surface area contributed by atoms with E-state index in [1.165, 1.54) is 0 Å². The van der Waals surface area contributed by atoms with Gasteiger partial charge in [0.15, 0.2) is 6.61 Å². The molecule has 1 saturated heterocycles. The number of aryl methyl sites for hydroxylation is 1. The number of piperidine rings is 1. The number of likely N-dealkylation sites (tertiary alicyclic amines) is 1. The van der Waals surface area contributed by atoms with Crippen LogP contribution in [0, 0.1) is 5.92 Å². The van der Waals surface area contributed by atoms with Gasteiger partial charge in [-0.2, -0.15) is 0 Å². The summed E-state index contributed by atoms with van der Waals surface area (Å²) in [6, 6.07) is 8.01. The predicted octanol–water partition coefficient (Wildman–Crippen LogP) is 3.17. The highest BCUT2D eigenvalue weighted by Gasteiger charge is 2.25. The number of ether oxygens (including phenoxy) is 1. The number of rotatable bonds is 8. The van der Waals surface area contributed by atoms with E-state index in [4.69, 9.17) is 4.74 Å². The number of nitrogens with zero attached hydrogens (tertiary/aromatic N) is 1. The highest BCUT2D eigenvalue weighted by Crippen LogP contribution is 2.19. The van der Waals surface area contributed by atoms with Gasteiger partial charge >= 0.3 is 0 Å². The standard InChI is InChI=1S/C21H32N2O3/c1-4-16(5-2)21(25)22-18-11-13-23(14-12-18)20(24)15-26-19-10-8-7-9-17(19)6-3/h7-10,16,18H,4-6,11-15H2,1-3H3,(H,22,25). The Kier molecular flexibility index (Phi) is 7.95. The second-order valence-corrected chi connectivity index (χ2v) is 6.93. The first-order valence-electron chi connectivity index (χ1n) is 9.87. The average molecular weight is 360 g/mol. The fourth-order valence-electron chi connectivity index (χ4n) is 3.42. The van der Waals surface area contributed by atoms with Gasteiger partial charge in [-0.3, -0.25) is 9.59 Å². The summed E-state index contributed by atoms with van der Waals surface area (Å²) in [7, 11) is 0. The Labute approximate surface area is 157 Å². The minimum absolute atomic E-state index is 0.0145. The van der Waals surface area contributed by atoms with Crippen LogP contribution in [0.3, 0.4) is 0 Å². The van der Waals surface area contributed by atoms with Gasteiger partial charge in [-0.1, -0.05) is 39.0 Å². The van der Waals surface area contributed by atoms with E-state index in [1.807, 2.05) is 43.0 Å². The minimum Gasteiger partial charge on any atom is -0.483 e. The molecule has 1 heterocycles. The van der Waals surface area contributed by atoms with Crippen LogP contribution in [-0.4, -0.2) is 42.5 Å². The number of amides is 2. The van der Waals surface area contributed by atoms with Crippen LogP contribution in [0.15, 0.2) is 24.3 Å². The number of carbonyl (C=O) groups excluding carboxylic acids is 2. The average Bonchev–Trinajstić information content (AvgIpc) is 2.67. The van der Waals surface area contributed by atoms with Gasteiger partial charge in [-0.25, -0.2) is 0 Å². The molecule has 1 aromatic rings. The first kappa shape index (κ1) is 20.3. The molecule has 2 rings (SSSR count). The van der Waals surface area contributed by atoms with E-state index in [-0.39, 0.29) is 30.4 Å². The molecule has 144 valence electrons. The van der Waals surface area contributed by atoms with Crippen molar-refractivity contribution < 1.29 is 14.3 Å². The lowest BCUT2D eigenvalue weighted by Crippen LogP contribution is -2.48. The fourth-order valence-corrected chi connectivity index (χ4v) is 3.42. The van der Waals surface area contributed by atoms with Crippen molar-refractivity contribution in [3.63, 3.8) is 0 Å². The molecule has 2 amide bonds. The normalized spacial score (nSPS) is 15.2. The van der Waals surface area contributed by atoms with Crippen LogP contribution in [-0.2, 0) is 16.0 Å². The van der Waals surface area contributed by atoms with Gasteiger partial charge in [0.05, 0.1) is 0 Å². The zero-order chi connectivity index (χ0) is 18.9. The third-order valence-corrected chi connectivity index (χ3v) is 5.26. The van der Waals surface area contributed by atoms with Gasteiger partial charge in [0.1, 0.15) is 5.75 Å². The molecular formula is C21H32N2O3. The van der Waals surface area contributed by atoms with Crippen LogP contribution in [0.4, 0.5) is 0 Å². The molecule has 0 bridgehead atoms. The molecule has 5 heteroatoms. The summed E-state index contributed by atoms with van der Waals surface area (Å²) in [5.74, 6) is 1.05. The van der Waals surface area contributed by atoms with Crippen LogP contribution >= 0.6 is 0 Å². The van der Waals surface area contributed by atoms with Crippen molar-refractivity contribution in [2.75, 3.05) is 19.7 Å². The van der Waals surface area contributed by atoms with Crippen molar-refractivity contribution in [2.45, 2.75) is 58.9 Å². The van der Waals surface area contributed by atoms with Crippen LogP contribution in [0.5, 0.6) is 5.75 Å². The first-order chi connectivity index (χ1) is 12.6. The van der Waals surface area contributed by atoms with E-state index in [1.54, 1.807) is 0 Å². The maximum atomic E-state index is 12.4. The van der Waals surface area contributed by atoms with Gasteiger partial charge < -0.3 is 15.0 Å². The Morgan fingerprint density at radius 2 is 1.81 bits per heavy atom. The Morgan fingerprint density at radius 1 is 1.15 bits per heavy atom. The van der Waals surface area contributed by atoms with E-state index in [0.29, 0.717) is 13.1 Å². The third-order valence-electron chi connectivity index (χ3n) is 5.26. The number of hydrogen-bond acceptors (Lipinski definition) is 3. The monoisotopic (exact) mass is 360 g/mol. The molecule has 1 aliphatic heterocycles. The summed E-state index contributed by atoms with van der Waals surface area (Å²) >= 11 is 0. The molecule has 1 N–H and O–H groups in total. The molecule has 0 atom stereocenters.